The number of nitrogens with zero attached hydrogens (tertiary/aromatic N) is 4. The summed E-state index contributed by atoms with van der Waals surface area (Å²) in [4.78, 5) is 30.0. The molecule has 2 saturated heterocycles. The first kappa shape index (κ1) is 18.5. The molecule has 1 aromatic heterocycles. The van der Waals surface area contributed by atoms with E-state index in [1.54, 1.807) is 10.9 Å². The Morgan fingerprint density at radius 2 is 2.00 bits per heavy atom. The Balaban J connectivity index is 1.33. The maximum atomic E-state index is 13.3. The highest BCUT2D eigenvalue weighted by atomic mass is 16.2. The van der Waals surface area contributed by atoms with Crippen LogP contribution in [-0.2, 0) is 16.1 Å². The molecule has 6 nitrogen and oxygen atoms in total. The number of carbonyl (C=O) groups excluding carboxylic acids is 2. The van der Waals surface area contributed by atoms with Gasteiger partial charge in [-0.15, -0.1) is 0 Å². The second-order valence-electron chi connectivity index (χ2n) is 8.72. The molecule has 0 unspecified atom stereocenters. The summed E-state index contributed by atoms with van der Waals surface area (Å²) in [5.41, 5.74) is -0.311. The number of aryl methyl sites for hydroxylation is 1. The van der Waals surface area contributed by atoms with Crippen molar-refractivity contribution in [2.75, 3.05) is 26.2 Å². The molecule has 6 heteroatoms. The lowest BCUT2D eigenvalue weighted by Gasteiger charge is -2.41. The Labute approximate surface area is 161 Å². The molecular weight excluding hydrogens is 340 g/mol. The largest absolute Gasteiger partial charge is 0.342 e. The molecule has 3 aliphatic rings. The van der Waals surface area contributed by atoms with Gasteiger partial charge in [0, 0.05) is 51.5 Å². The quantitative estimate of drug-likeness (QED) is 0.798. The van der Waals surface area contributed by atoms with Gasteiger partial charge in [-0.05, 0) is 44.1 Å². The summed E-state index contributed by atoms with van der Waals surface area (Å²) < 4.78 is 1.79. The fourth-order valence-electron chi connectivity index (χ4n) is 5.27. The van der Waals surface area contributed by atoms with Gasteiger partial charge >= 0.3 is 0 Å². The second-order valence-corrected chi connectivity index (χ2v) is 8.72. The van der Waals surface area contributed by atoms with Gasteiger partial charge in [0.1, 0.15) is 0 Å². The van der Waals surface area contributed by atoms with Crippen LogP contribution >= 0.6 is 0 Å². The molecule has 0 N–H and O–H groups in total. The molecule has 1 atom stereocenters. The summed E-state index contributed by atoms with van der Waals surface area (Å²) >= 11 is 0. The van der Waals surface area contributed by atoms with Gasteiger partial charge < -0.3 is 9.80 Å². The van der Waals surface area contributed by atoms with Crippen LogP contribution in [0.25, 0.3) is 0 Å². The van der Waals surface area contributed by atoms with E-state index in [9.17, 15) is 9.59 Å². The van der Waals surface area contributed by atoms with E-state index in [0.717, 1.165) is 38.9 Å². The van der Waals surface area contributed by atoms with E-state index in [1.807, 2.05) is 17.2 Å². The molecule has 3 heterocycles. The number of aromatic nitrogens is 2. The van der Waals surface area contributed by atoms with Crippen molar-refractivity contribution in [2.45, 2.75) is 64.3 Å². The Morgan fingerprint density at radius 1 is 1.15 bits per heavy atom. The third-order valence-electron chi connectivity index (χ3n) is 6.85. The summed E-state index contributed by atoms with van der Waals surface area (Å²) in [6.07, 6.45) is 13.5. The zero-order valence-electron chi connectivity index (χ0n) is 16.3. The van der Waals surface area contributed by atoms with E-state index < -0.39 is 0 Å². The lowest BCUT2D eigenvalue weighted by molar-refractivity contribution is -0.147. The molecule has 0 aromatic carbocycles. The molecule has 2 aliphatic heterocycles. The van der Waals surface area contributed by atoms with Crippen molar-refractivity contribution in [2.24, 2.45) is 11.3 Å². The van der Waals surface area contributed by atoms with Crippen LogP contribution in [0, 0.1) is 11.3 Å². The summed E-state index contributed by atoms with van der Waals surface area (Å²) in [6.45, 7) is 3.79. The summed E-state index contributed by atoms with van der Waals surface area (Å²) in [5, 5.41) is 4.16. The van der Waals surface area contributed by atoms with E-state index in [-0.39, 0.29) is 11.3 Å². The molecule has 1 aliphatic carbocycles. The van der Waals surface area contributed by atoms with Gasteiger partial charge in [-0.1, -0.05) is 19.3 Å². The SMILES string of the molecule is O=C(CCn1cccn1)N1CC[C@@]2(CCCN(CC3CCCCC3)C2=O)C1. The van der Waals surface area contributed by atoms with Crippen molar-refractivity contribution in [1.29, 1.82) is 0 Å². The molecular formula is C21H32N4O2. The van der Waals surface area contributed by atoms with Crippen molar-refractivity contribution in [1.82, 2.24) is 19.6 Å². The molecule has 3 fully saturated rings. The second kappa shape index (κ2) is 8.03. The number of piperidine rings is 1. The smallest absolute Gasteiger partial charge is 0.230 e. The molecule has 1 saturated carbocycles. The number of hydrogen-bond acceptors (Lipinski definition) is 3. The van der Waals surface area contributed by atoms with Crippen LogP contribution < -0.4 is 0 Å². The maximum absolute atomic E-state index is 13.3. The normalized spacial score (nSPS) is 26.9. The number of hydrogen-bond donors (Lipinski definition) is 0. The summed E-state index contributed by atoms with van der Waals surface area (Å²) in [5.74, 6) is 1.16. The molecule has 2 amide bonds. The van der Waals surface area contributed by atoms with Crippen molar-refractivity contribution in [3.63, 3.8) is 0 Å². The van der Waals surface area contributed by atoms with Crippen LogP contribution in [0.3, 0.4) is 0 Å². The van der Waals surface area contributed by atoms with E-state index in [0.29, 0.717) is 31.3 Å². The average molecular weight is 373 g/mol. The van der Waals surface area contributed by atoms with E-state index in [4.69, 9.17) is 0 Å². The molecule has 27 heavy (non-hydrogen) atoms. The van der Waals surface area contributed by atoms with Gasteiger partial charge in [-0.25, -0.2) is 0 Å². The lowest BCUT2D eigenvalue weighted by Crippen LogP contribution is -2.51. The Kier molecular flexibility index (Phi) is 5.50. The van der Waals surface area contributed by atoms with Crippen molar-refractivity contribution in [3.05, 3.63) is 18.5 Å². The summed E-state index contributed by atoms with van der Waals surface area (Å²) in [7, 11) is 0. The third-order valence-corrected chi connectivity index (χ3v) is 6.85. The topological polar surface area (TPSA) is 58.4 Å². The Hall–Kier alpha value is -1.85. The van der Waals surface area contributed by atoms with Crippen molar-refractivity contribution in [3.8, 4) is 0 Å². The number of amides is 2. The molecule has 4 rings (SSSR count). The number of carbonyl (C=O) groups is 2. The zero-order chi connectivity index (χ0) is 18.7. The van der Waals surface area contributed by atoms with E-state index in [2.05, 4.69) is 10.00 Å². The van der Waals surface area contributed by atoms with Crippen LogP contribution in [0.2, 0.25) is 0 Å². The zero-order valence-corrected chi connectivity index (χ0v) is 16.3. The van der Waals surface area contributed by atoms with Crippen LogP contribution in [0.15, 0.2) is 18.5 Å². The van der Waals surface area contributed by atoms with Gasteiger partial charge in [-0.2, -0.15) is 5.10 Å². The Bertz CT molecular complexity index is 653. The molecule has 1 spiro atoms. The van der Waals surface area contributed by atoms with Crippen LogP contribution in [-0.4, -0.2) is 57.6 Å². The maximum Gasteiger partial charge on any atom is 0.230 e. The van der Waals surface area contributed by atoms with Crippen LogP contribution in [0.5, 0.6) is 0 Å². The van der Waals surface area contributed by atoms with Crippen LogP contribution in [0.4, 0.5) is 0 Å². The highest BCUT2D eigenvalue weighted by Gasteiger charge is 2.49. The van der Waals surface area contributed by atoms with Gasteiger partial charge in [0.2, 0.25) is 11.8 Å². The third kappa shape index (κ3) is 4.04. The first-order valence-electron chi connectivity index (χ1n) is 10.7. The first-order valence-corrected chi connectivity index (χ1v) is 10.7. The lowest BCUT2D eigenvalue weighted by atomic mass is 9.77. The monoisotopic (exact) mass is 372 g/mol. The highest BCUT2D eigenvalue weighted by Crippen LogP contribution is 2.41. The predicted molar refractivity (Wildman–Crippen MR) is 103 cm³/mol. The minimum Gasteiger partial charge on any atom is -0.342 e. The van der Waals surface area contributed by atoms with E-state index in [1.165, 1.54) is 32.1 Å². The van der Waals surface area contributed by atoms with Crippen molar-refractivity contribution >= 4 is 11.8 Å². The highest BCUT2D eigenvalue weighted by molar-refractivity contribution is 5.86. The van der Waals surface area contributed by atoms with Gasteiger partial charge in [-0.3, -0.25) is 14.3 Å². The summed E-state index contributed by atoms with van der Waals surface area (Å²) in [6, 6.07) is 1.87. The molecule has 1 aromatic rings. The number of rotatable bonds is 5. The minimum absolute atomic E-state index is 0.152. The molecule has 0 bridgehead atoms. The first-order chi connectivity index (χ1) is 13.2. The fourth-order valence-corrected chi connectivity index (χ4v) is 5.27. The minimum atomic E-state index is -0.311. The fraction of sp³-hybridized carbons (Fsp3) is 0.762. The van der Waals surface area contributed by atoms with Gasteiger partial charge in [0.15, 0.2) is 0 Å². The standard InChI is InChI=1S/C21H32N4O2/c26-19(8-14-25-13-5-11-22-25)24-15-10-21(17-24)9-4-12-23(20(21)27)16-18-6-2-1-3-7-18/h5,11,13,18H,1-4,6-10,12,14-17H2/t21-/m0/s1. The predicted octanol–water partition coefficient (Wildman–Crippen LogP) is 2.69. The van der Waals surface area contributed by atoms with E-state index >= 15 is 0 Å². The van der Waals surface area contributed by atoms with Gasteiger partial charge in [0.25, 0.3) is 0 Å². The molecule has 0 radical (unpaired) electrons. The Morgan fingerprint density at radius 3 is 2.78 bits per heavy atom. The van der Waals surface area contributed by atoms with Crippen LogP contribution in [0.1, 0.15) is 57.8 Å². The van der Waals surface area contributed by atoms with Gasteiger partial charge in [0.05, 0.1) is 5.41 Å². The molecule has 148 valence electrons. The number of likely N-dealkylation sites (tertiary alicyclic amines) is 2. The average Bonchev–Trinajstić information content (AvgIpc) is 3.35. The van der Waals surface area contributed by atoms with Crippen molar-refractivity contribution < 1.29 is 9.59 Å².